The Kier molecular flexibility index (Phi) is 6.44. The van der Waals surface area contributed by atoms with Gasteiger partial charge in [-0.1, -0.05) is 37.2 Å². The van der Waals surface area contributed by atoms with Gasteiger partial charge in [0.25, 0.3) is 10.0 Å². The Morgan fingerprint density at radius 2 is 1.84 bits per heavy atom. The molecule has 4 rings (SSSR count). The largest absolute Gasteiger partial charge is 0.443 e. The van der Waals surface area contributed by atoms with Crippen molar-refractivity contribution < 1.29 is 21.3 Å². The van der Waals surface area contributed by atoms with Crippen LogP contribution in [-0.4, -0.2) is 32.8 Å². The average molecular weight is 482 g/mol. The Morgan fingerprint density at radius 3 is 2.55 bits per heavy atom. The van der Waals surface area contributed by atoms with Crippen LogP contribution < -0.4 is 4.72 Å². The molecule has 11 heteroatoms. The number of halogens is 1. The first-order chi connectivity index (χ1) is 14.2. The number of hydrogen-bond donors (Lipinski definition) is 2. The summed E-state index contributed by atoms with van der Waals surface area (Å²) in [5.41, 5.74) is 0.976. The van der Waals surface area contributed by atoms with E-state index in [4.69, 9.17) is 16.0 Å². The summed E-state index contributed by atoms with van der Waals surface area (Å²) in [6.45, 7) is 0. The van der Waals surface area contributed by atoms with Gasteiger partial charge in [0.05, 0.1) is 22.5 Å². The number of aryl methyl sites for hydroxylation is 1. The summed E-state index contributed by atoms with van der Waals surface area (Å²) in [7, 11) is -8.01. The Morgan fingerprint density at radius 1 is 1.06 bits per heavy atom. The summed E-state index contributed by atoms with van der Waals surface area (Å²) in [5.74, 6) is -0.229. The number of furan rings is 1. The predicted octanol–water partition coefficient (Wildman–Crippen LogP) is 4.26. The highest BCUT2D eigenvalue weighted by molar-refractivity contribution is 7.93. The van der Waals surface area contributed by atoms with Gasteiger partial charge >= 0.3 is 0 Å². The Labute approximate surface area is 185 Å². The van der Waals surface area contributed by atoms with Crippen LogP contribution in [0.3, 0.4) is 0 Å². The second kappa shape index (κ2) is 8.74. The summed E-state index contributed by atoms with van der Waals surface area (Å²) in [5, 5.41) is 6.87. The van der Waals surface area contributed by atoms with E-state index in [2.05, 4.69) is 14.9 Å². The van der Waals surface area contributed by atoms with Crippen molar-refractivity contribution in [1.29, 1.82) is 0 Å². The molecule has 164 valence electrons. The number of para-hydroxylation sites is 1. The molecule has 8 nitrogen and oxygen atoms in total. The van der Waals surface area contributed by atoms with Crippen molar-refractivity contribution in [2.24, 2.45) is 0 Å². The van der Waals surface area contributed by atoms with E-state index in [-0.39, 0.29) is 40.3 Å². The molecule has 31 heavy (non-hydrogen) atoms. The van der Waals surface area contributed by atoms with Crippen molar-refractivity contribution in [3.8, 4) is 0 Å². The number of nitrogens with one attached hydrogen (secondary N) is 2. The van der Waals surface area contributed by atoms with E-state index in [1.54, 1.807) is 30.5 Å². The van der Waals surface area contributed by atoms with Crippen molar-refractivity contribution >= 4 is 48.1 Å². The zero-order chi connectivity index (χ0) is 21.4. The number of rotatable bonds is 7. The Bertz CT molecular complexity index is 1380. The van der Waals surface area contributed by atoms with E-state index in [1.165, 1.54) is 30.5 Å². The molecular formula is C20H20ClN3O5S2. The predicted molar refractivity (Wildman–Crippen MR) is 120 cm³/mol. The molecule has 2 aromatic carbocycles. The number of sulfonamides is 1. The van der Waals surface area contributed by atoms with Crippen LogP contribution in [0.2, 0.25) is 5.02 Å². The fourth-order valence-corrected chi connectivity index (χ4v) is 5.64. The summed E-state index contributed by atoms with van der Waals surface area (Å²) >= 11 is 6.00. The molecule has 0 aliphatic carbocycles. The van der Waals surface area contributed by atoms with Gasteiger partial charge in [0.1, 0.15) is 5.58 Å². The van der Waals surface area contributed by atoms with Gasteiger partial charge in [0, 0.05) is 22.7 Å². The third kappa shape index (κ3) is 4.92. The van der Waals surface area contributed by atoms with Gasteiger partial charge in [0.2, 0.25) is 5.09 Å². The molecule has 0 spiro atoms. The molecule has 2 aromatic heterocycles. The number of fused-ring (bicyclic) bond motifs is 1. The third-order valence-corrected chi connectivity index (χ3v) is 7.63. The van der Waals surface area contributed by atoms with Crippen molar-refractivity contribution in [3.63, 3.8) is 0 Å². The summed E-state index contributed by atoms with van der Waals surface area (Å²) in [6, 6.07) is 12.1. The fraction of sp³-hybridized carbons (Fsp3) is 0.150. The smallest absolute Gasteiger partial charge is 0.295 e. The first-order valence-corrected chi connectivity index (χ1v) is 12.3. The van der Waals surface area contributed by atoms with Gasteiger partial charge in [0.15, 0.2) is 9.84 Å². The number of aromatic nitrogens is 2. The van der Waals surface area contributed by atoms with E-state index in [1.807, 2.05) is 0 Å². The minimum absolute atomic E-state index is 0. The number of hydrogen-bond acceptors (Lipinski definition) is 6. The van der Waals surface area contributed by atoms with Crippen molar-refractivity contribution in [2.75, 3.05) is 10.5 Å². The third-order valence-electron chi connectivity index (χ3n) is 4.40. The molecule has 0 radical (unpaired) electrons. The van der Waals surface area contributed by atoms with Gasteiger partial charge in [-0.05, 0) is 36.2 Å². The topological polar surface area (TPSA) is 122 Å². The number of anilines is 1. The van der Waals surface area contributed by atoms with Crippen LogP contribution in [-0.2, 0) is 26.3 Å². The second-order valence-corrected chi connectivity index (χ2v) is 10.7. The van der Waals surface area contributed by atoms with Crippen LogP contribution >= 0.6 is 11.6 Å². The van der Waals surface area contributed by atoms with E-state index in [0.29, 0.717) is 11.0 Å². The average Bonchev–Trinajstić information content (AvgIpc) is 3.36. The van der Waals surface area contributed by atoms with Gasteiger partial charge in [-0.2, -0.15) is 13.5 Å². The van der Waals surface area contributed by atoms with Crippen LogP contribution in [0.15, 0.2) is 75.3 Å². The first kappa shape index (κ1) is 22.9. The lowest BCUT2D eigenvalue weighted by molar-refractivity contribution is 0.484. The molecule has 0 atom stereocenters. The van der Waals surface area contributed by atoms with E-state index in [0.717, 1.165) is 5.56 Å². The summed E-state index contributed by atoms with van der Waals surface area (Å²) in [4.78, 5) is -0.171. The molecule has 0 aliphatic rings. The van der Waals surface area contributed by atoms with Crippen LogP contribution in [0.25, 0.3) is 11.0 Å². The van der Waals surface area contributed by atoms with E-state index >= 15 is 0 Å². The molecule has 0 unspecified atom stereocenters. The van der Waals surface area contributed by atoms with Crippen LogP contribution in [0.5, 0.6) is 0 Å². The summed E-state index contributed by atoms with van der Waals surface area (Å²) in [6.07, 6.45) is 3.35. The van der Waals surface area contributed by atoms with Crippen LogP contribution in [0.4, 0.5) is 5.69 Å². The second-order valence-electron chi connectivity index (χ2n) is 6.52. The lowest BCUT2D eigenvalue weighted by Gasteiger charge is -2.12. The number of H-pyrrole nitrogens is 1. The lowest BCUT2D eigenvalue weighted by Crippen LogP contribution is -2.17. The van der Waals surface area contributed by atoms with Crippen LogP contribution in [0.1, 0.15) is 13.0 Å². The zero-order valence-electron chi connectivity index (χ0n) is 15.4. The molecule has 2 heterocycles. The van der Waals surface area contributed by atoms with Crippen molar-refractivity contribution in [2.45, 2.75) is 23.8 Å². The van der Waals surface area contributed by atoms with E-state index in [9.17, 15) is 16.8 Å². The molecule has 0 aliphatic heterocycles. The normalized spacial score (nSPS) is 11.9. The lowest BCUT2D eigenvalue weighted by atomic mass is 10.3. The number of aromatic amines is 1. The standard InChI is InChI=1S/C19H16ClN3O5S2.CH4/c20-15-5-6-18(29(24,25)8-7-13-11-21-22-12-13)16(10-15)23-30(26,27)19-9-14-3-1-2-4-17(14)28-19;/h1-6,9-12,23H,7-8H2,(H,21,22);1H4. The quantitative estimate of drug-likeness (QED) is 0.406. The van der Waals surface area contributed by atoms with E-state index < -0.39 is 19.9 Å². The maximum atomic E-state index is 12.9. The highest BCUT2D eigenvalue weighted by Crippen LogP contribution is 2.30. The Hall–Kier alpha value is -2.82. The SMILES string of the molecule is C.O=S(=O)(CCc1cn[nH]c1)c1ccc(Cl)cc1NS(=O)(=O)c1cc2ccccc2o1. The number of benzene rings is 2. The van der Waals surface area contributed by atoms with Crippen molar-refractivity contribution in [3.05, 3.63) is 71.5 Å². The van der Waals surface area contributed by atoms with Crippen LogP contribution in [0, 0.1) is 0 Å². The monoisotopic (exact) mass is 481 g/mol. The Balaban J connectivity index is 0.00000272. The molecule has 0 amide bonds. The highest BCUT2D eigenvalue weighted by atomic mass is 35.5. The highest BCUT2D eigenvalue weighted by Gasteiger charge is 2.25. The maximum absolute atomic E-state index is 12.9. The molecule has 0 bridgehead atoms. The zero-order valence-corrected chi connectivity index (χ0v) is 17.8. The fourth-order valence-electron chi connectivity index (χ4n) is 2.91. The molecule has 0 saturated heterocycles. The molecule has 0 saturated carbocycles. The molecule has 0 fully saturated rings. The van der Waals surface area contributed by atoms with Crippen molar-refractivity contribution in [1.82, 2.24) is 10.2 Å². The summed E-state index contributed by atoms with van der Waals surface area (Å²) < 4.78 is 59.2. The maximum Gasteiger partial charge on any atom is 0.295 e. The minimum Gasteiger partial charge on any atom is -0.443 e. The number of sulfone groups is 1. The number of nitrogens with zero attached hydrogens (tertiary/aromatic N) is 1. The van der Waals surface area contributed by atoms with Gasteiger partial charge < -0.3 is 4.42 Å². The van der Waals surface area contributed by atoms with Gasteiger partial charge in [-0.15, -0.1) is 0 Å². The van der Waals surface area contributed by atoms with Gasteiger partial charge in [-0.3, -0.25) is 9.82 Å². The minimum atomic E-state index is -4.19. The van der Waals surface area contributed by atoms with Gasteiger partial charge in [-0.25, -0.2) is 8.42 Å². The molecular weight excluding hydrogens is 462 g/mol. The molecule has 2 N–H and O–H groups in total. The molecule has 4 aromatic rings. The first-order valence-electron chi connectivity index (χ1n) is 8.76.